The lowest BCUT2D eigenvalue weighted by Gasteiger charge is -2.32. The maximum Gasteiger partial charge on any atom is 0.255 e. The smallest absolute Gasteiger partial charge is 0.255 e. The molecule has 37 heavy (non-hydrogen) atoms. The van der Waals surface area contributed by atoms with E-state index in [0.717, 1.165) is 55.1 Å². The molecule has 9 heteroatoms. The minimum Gasteiger partial charge on any atom is -0.320 e. The zero-order chi connectivity index (χ0) is 25.8. The fourth-order valence-electron chi connectivity index (χ4n) is 4.58. The van der Waals surface area contributed by atoms with Gasteiger partial charge in [0, 0.05) is 35.5 Å². The molecule has 0 atom stereocenters. The Bertz CT molecular complexity index is 1390. The molecule has 0 aliphatic carbocycles. The standard InChI is InChI=1S/C28H26ClFN6O/c1-18-2-7-24(35-28(37)22-8-11-31-25(29)14-22)26(34-18)20-9-12-36(13-10-20)17-19-3-5-21(6-4-19)27-32-15-23(30)16-33-27/h2-8,11,14-16,20H,9-10,12-13,17H2,1H3,(H,35,37). The molecule has 4 heterocycles. The number of nitrogens with one attached hydrogen (secondary N) is 1. The number of hydrogen-bond acceptors (Lipinski definition) is 6. The number of carbonyl (C=O) groups excluding carboxylic acids is 1. The van der Waals surface area contributed by atoms with Gasteiger partial charge in [-0.15, -0.1) is 0 Å². The van der Waals surface area contributed by atoms with Gasteiger partial charge in [0.25, 0.3) is 5.91 Å². The molecule has 1 N–H and O–H groups in total. The summed E-state index contributed by atoms with van der Waals surface area (Å²) in [7, 11) is 0. The van der Waals surface area contributed by atoms with E-state index < -0.39 is 5.82 Å². The number of amides is 1. The van der Waals surface area contributed by atoms with Gasteiger partial charge in [0.05, 0.1) is 23.8 Å². The van der Waals surface area contributed by atoms with Crippen LogP contribution >= 0.6 is 11.6 Å². The maximum absolute atomic E-state index is 13.1. The maximum atomic E-state index is 13.1. The molecule has 0 spiro atoms. The second-order valence-electron chi connectivity index (χ2n) is 9.18. The normalized spacial score (nSPS) is 14.5. The number of hydrogen-bond donors (Lipinski definition) is 1. The minimum atomic E-state index is -0.446. The predicted molar refractivity (Wildman–Crippen MR) is 141 cm³/mol. The Hall–Kier alpha value is -3.75. The minimum absolute atomic E-state index is 0.233. The van der Waals surface area contributed by atoms with Gasteiger partial charge in [-0.2, -0.15) is 0 Å². The Kier molecular flexibility index (Phi) is 7.48. The summed E-state index contributed by atoms with van der Waals surface area (Å²) in [5.41, 5.74) is 5.10. The van der Waals surface area contributed by atoms with Crippen molar-refractivity contribution in [1.29, 1.82) is 0 Å². The summed E-state index contributed by atoms with van der Waals surface area (Å²) in [6.07, 6.45) is 5.76. The van der Waals surface area contributed by atoms with Crippen molar-refractivity contribution in [2.75, 3.05) is 18.4 Å². The number of rotatable bonds is 6. The summed E-state index contributed by atoms with van der Waals surface area (Å²) in [4.78, 5) is 32.1. The summed E-state index contributed by atoms with van der Waals surface area (Å²) >= 11 is 5.95. The summed E-state index contributed by atoms with van der Waals surface area (Å²) < 4.78 is 13.1. The topological polar surface area (TPSA) is 83.9 Å². The molecule has 188 valence electrons. The van der Waals surface area contributed by atoms with Crippen molar-refractivity contribution >= 4 is 23.2 Å². The number of aromatic nitrogens is 4. The van der Waals surface area contributed by atoms with Crippen LogP contribution in [0.3, 0.4) is 0 Å². The van der Waals surface area contributed by atoms with E-state index in [1.807, 2.05) is 31.2 Å². The fourth-order valence-corrected chi connectivity index (χ4v) is 4.75. The van der Waals surface area contributed by atoms with Crippen molar-refractivity contribution in [2.45, 2.75) is 32.2 Å². The van der Waals surface area contributed by atoms with E-state index in [2.05, 4.69) is 37.3 Å². The number of halogens is 2. The van der Waals surface area contributed by atoms with Gasteiger partial charge < -0.3 is 5.32 Å². The molecule has 0 radical (unpaired) electrons. The van der Waals surface area contributed by atoms with E-state index in [1.54, 1.807) is 12.1 Å². The molecule has 1 saturated heterocycles. The highest BCUT2D eigenvalue weighted by molar-refractivity contribution is 6.29. The van der Waals surface area contributed by atoms with Crippen LogP contribution in [0.4, 0.5) is 10.1 Å². The summed E-state index contributed by atoms with van der Waals surface area (Å²) in [5.74, 6) is 0.0840. The van der Waals surface area contributed by atoms with Crippen molar-refractivity contribution in [2.24, 2.45) is 0 Å². The highest BCUT2D eigenvalue weighted by Crippen LogP contribution is 2.33. The van der Waals surface area contributed by atoms with Gasteiger partial charge >= 0.3 is 0 Å². The first-order valence-corrected chi connectivity index (χ1v) is 12.5. The average Bonchev–Trinajstić information content (AvgIpc) is 2.91. The monoisotopic (exact) mass is 516 g/mol. The Labute approximate surface area is 219 Å². The van der Waals surface area contributed by atoms with E-state index >= 15 is 0 Å². The summed E-state index contributed by atoms with van der Waals surface area (Å²) in [5, 5.41) is 3.30. The number of nitrogens with zero attached hydrogens (tertiary/aromatic N) is 5. The van der Waals surface area contributed by atoms with Crippen LogP contribution in [0.25, 0.3) is 11.4 Å². The molecule has 1 aliphatic rings. The molecule has 5 rings (SSSR count). The van der Waals surface area contributed by atoms with Gasteiger partial charge in [0.2, 0.25) is 0 Å². The number of anilines is 1. The molecule has 1 fully saturated rings. The van der Waals surface area contributed by atoms with Crippen LogP contribution in [-0.2, 0) is 6.54 Å². The van der Waals surface area contributed by atoms with Crippen molar-refractivity contribution < 1.29 is 9.18 Å². The highest BCUT2D eigenvalue weighted by Gasteiger charge is 2.25. The van der Waals surface area contributed by atoms with Gasteiger partial charge in [0.1, 0.15) is 5.15 Å². The van der Waals surface area contributed by atoms with Crippen molar-refractivity contribution in [1.82, 2.24) is 24.8 Å². The lowest BCUT2D eigenvalue weighted by Crippen LogP contribution is -2.33. The number of aryl methyl sites for hydroxylation is 1. The Morgan fingerprint density at radius 3 is 2.49 bits per heavy atom. The van der Waals surface area contributed by atoms with Crippen molar-refractivity contribution in [3.05, 3.63) is 101 Å². The first-order chi connectivity index (χ1) is 17.9. The van der Waals surface area contributed by atoms with E-state index in [4.69, 9.17) is 16.6 Å². The van der Waals surface area contributed by atoms with Crippen LogP contribution in [0, 0.1) is 12.7 Å². The number of pyridine rings is 2. The third-order valence-corrected chi connectivity index (χ3v) is 6.72. The van der Waals surface area contributed by atoms with Crippen molar-refractivity contribution in [3.63, 3.8) is 0 Å². The molecule has 0 bridgehead atoms. The number of benzene rings is 1. The van der Waals surface area contributed by atoms with Gasteiger partial charge in [0.15, 0.2) is 11.6 Å². The number of piperidine rings is 1. The zero-order valence-electron chi connectivity index (χ0n) is 20.4. The van der Waals surface area contributed by atoms with Gasteiger partial charge in [-0.25, -0.2) is 19.3 Å². The van der Waals surface area contributed by atoms with Crippen LogP contribution in [0.15, 0.2) is 67.1 Å². The second kappa shape index (κ2) is 11.1. The molecular formula is C28H26ClFN6O. The first-order valence-electron chi connectivity index (χ1n) is 12.1. The molecule has 3 aromatic heterocycles. The largest absolute Gasteiger partial charge is 0.320 e. The molecule has 0 unspecified atom stereocenters. The van der Waals surface area contributed by atoms with E-state index in [-0.39, 0.29) is 17.0 Å². The predicted octanol–water partition coefficient (Wildman–Crippen LogP) is 5.67. The SMILES string of the molecule is Cc1ccc(NC(=O)c2ccnc(Cl)c2)c(C2CCN(Cc3ccc(-c4ncc(F)cn4)cc3)CC2)n1. The van der Waals surface area contributed by atoms with Gasteiger partial charge in [-0.05, 0) is 62.7 Å². The van der Waals surface area contributed by atoms with Crippen molar-refractivity contribution in [3.8, 4) is 11.4 Å². The number of carbonyl (C=O) groups is 1. The molecule has 7 nitrogen and oxygen atoms in total. The molecule has 0 saturated carbocycles. The van der Waals surface area contributed by atoms with Gasteiger partial charge in [-0.1, -0.05) is 35.9 Å². The summed E-state index contributed by atoms with van der Waals surface area (Å²) in [6, 6.07) is 15.1. The average molecular weight is 517 g/mol. The zero-order valence-corrected chi connectivity index (χ0v) is 21.1. The van der Waals surface area contributed by atoms with Gasteiger partial charge in [-0.3, -0.25) is 14.7 Å². The molecular weight excluding hydrogens is 491 g/mol. The molecule has 1 amide bonds. The Morgan fingerprint density at radius 1 is 1.05 bits per heavy atom. The van der Waals surface area contributed by atoms with E-state index in [9.17, 15) is 9.18 Å². The third-order valence-electron chi connectivity index (χ3n) is 6.51. The Morgan fingerprint density at radius 2 is 1.78 bits per heavy atom. The van der Waals surface area contributed by atoms with E-state index in [1.165, 1.54) is 24.2 Å². The van der Waals surface area contributed by atoms with Crippen LogP contribution in [-0.4, -0.2) is 43.8 Å². The van der Waals surface area contributed by atoms with Crippen LogP contribution in [0.2, 0.25) is 5.15 Å². The highest BCUT2D eigenvalue weighted by atomic mass is 35.5. The van der Waals surface area contributed by atoms with Crippen LogP contribution < -0.4 is 5.32 Å². The van der Waals surface area contributed by atoms with Crippen LogP contribution in [0.5, 0.6) is 0 Å². The number of likely N-dealkylation sites (tertiary alicyclic amines) is 1. The first kappa shape index (κ1) is 24.9. The lowest BCUT2D eigenvalue weighted by atomic mass is 9.91. The third kappa shape index (κ3) is 6.15. The molecule has 1 aliphatic heterocycles. The molecule has 1 aromatic carbocycles. The Balaban J connectivity index is 1.21. The summed E-state index contributed by atoms with van der Waals surface area (Å²) in [6.45, 7) is 4.66. The second-order valence-corrected chi connectivity index (χ2v) is 9.57. The van der Waals surface area contributed by atoms with Crippen LogP contribution in [0.1, 0.15) is 46.1 Å². The lowest BCUT2D eigenvalue weighted by molar-refractivity contribution is 0.102. The molecule has 4 aromatic rings. The fraction of sp³-hybridized carbons (Fsp3) is 0.250. The quantitative estimate of drug-likeness (QED) is 0.333. The van der Waals surface area contributed by atoms with E-state index in [0.29, 0.717) is 11.4 Å².